The second-order valence-electron chi connectivity index (χ2n) is 14.2. The number of Topliss-reactive ketones (excluding diaryl/α,β-unsaturated/α-hetero) is 1. The number of hydrogen-bond acceptors (Lipinski definition) is 9. The standard InChI is InChI=1S/C38H56N4O7S/c1-8-24(4)29(20-33(44)30-16-12-13-17-39-30)37(46)42(7)32(23(2)3)21-34(49-26(6)43)36-41-31(22-50-36)35(45)40-28(18-25(5)38(47)48)19-27-14-10-9-11-15-27/h9-11,14-15,22-25,28-30,32,34,39H,8,12-13,16-21H2,1-7H3,(H,40,45)(H,47,48)/t24-,25-,28+,29+,30-,32+,34+/m0/s1. The first kappa shape index (κ1) is 40.8. The van der Waals surface area contributed by atoms with Gasteiger partial charge in [-0.25, -0.2) is 4.98 Å². The van der Waals surface area contributed by atoms with Gasteiger partial charge in [-0.1, -0.05) is 77.8 Å². The molecule has 1 fully saturated rings. The zero-order valence-corrected chi connectivity index (χ0v) is 31.5. The van der Waals surface area contributed by atoms with Crippen molar-refractivity contribution in [2.45, 2.75) is 117 Å². The Labute approximate surface area is 301 Å². The molecule has 1 aliphatic rings. The molecule has 3 rings (SSSR count). The van der Waals surface area contributed by atoms with Crippen molar-refractivity contribution in [2.75, 3.05) is 13.6 Å². The van der Waals surface area contributed by atoms with Crippen LogP contribution in [0, 0.1) is 23.7 Å². The molecule has 0 bridgehead atoms. The van der Waals surface area contributed by atoms with Gasteiger partial charge in [0.2, 0.25) is 5.91 Å². The van der Waals surface area contributed by atoms with Gasteiger partial charge < -0.3 is 25.4 Å². The fraction of sp³-hybridized carbons (Fsp3) is 0.632. The van der Waals surface area contributed by atoms with Gasteiger partial charge in [-0.2, -0.15) is 0 Å². The molecule has 0 aliphatic carbocycles. The quantitative estimate of drug-likeness (QED) is 0.153. The normalized spacial score (nSPS) is 18.3. The fourth-order valence-corrected chi connectivity index (χ4v) is 7.48. The summed E-state index contributed by atoms with van der Waals surface area (Å²) in [5.74, 6) is -3.10. The summed E-state index contributed by atoms with van der Waals surface area (Å²) in [5, 5.41) is 17.8. The van der Waals surface area contributed by atoms with Crippen LogP contribution < -0.4 is 10.6 Å². The number of carboxylic acids is 1. The third-order valence-electron chi connectivity index (χ3n) is 9.90. The summed E-state index contributed by atoms with van der Waals surface area (Å²) in [6, 6.07) is 8.53. The molecule has 276 valence electrons. The van der Waals surface area contributed by atoms with E-state index in [9.17, 15) is 29.1 Å². The Morgan fingerprint density at radius 2 is 1.78 bits per heavy atom. The summed E-state index contributed by atoms with van der Waals surface area (Å²) in [7, 11) is 1.75. The van der Waals surface area contributed by atoms with Crippen molar-refractivity contribution >= 4 is 40.9 Å². The molecule has 3 N–H and O–H groups in total. The Hall–Kier alpha value is -3.64. The SMILES string of the molecule is CC[C@H](C)[C@@H](CC(=O)[C@@H]1CCCCN1)C(=O)N(C)[C@H](C[C@@H](OC(C)=O)c1nc(C(=O)N[C@@H](Cc2ccccc2)C[C@H](C)C(=O)O)cs1)C(C)C. The Kier molecular flexibility index (Phi) is 16.0. The monoisotopic (exact) mass is 712 g/mol. The van der Waals surface area contributed by atoms with E-state index in [2.05, 4.69) is 15.6 Å². The van der Waals surface area contributed by atoms with E-state index in [1.54, 1.807) is 24.3 Å². The molecular weight excluding hydrogens is 657 g/mol. The highest BCUT2D eigenvalue weighted by atomic mass is 32.1. The molecule has 11 nitrogen and oxygen atoms in total. The Balaban J connectivity index is 1.80. The molecule has 1 aliphatic heterocycles. The van der Waals surface area contributed by atoms with Crippen LogP contribution in [0.1, 0.15) is 114 Å². The first-order chi connectivity index (χ1) is 23.7. The van der Waals surface area contributed by atoms with Gasteiger partial charge in [-0.05, 0) is 49.6 Å². The largest absolute Gasteiger partial charge is 0.481 e. The van der Waals surface area contributed by atoms with Crippen LogP contribution in [0.2, 0.25) is 0 Å². The second-order valence-corrected chi connectivity index (χ2v) is 15.1. The zero-order chi connectivity index (χ0) is 37.0. The van der Waals surface area contributed by atoms with Gasteiger partial charge in [0.1, 0.15) is 10.7 Å². The van der Waals surface area contributed by atoms with E-state index in [0.717, 1.165) is 37.8 Å². The number of amides is 2. The Morgan fingerprint density at radius 3 is 2.36 bits per heavy atom. The van der Waals surface area contributed by atoms with Crippen LogP contribution in [-0.4, -0.2) is 76.2 Å². The molecule has 1 saturated heterocycles. The topological polar surface area (TPSA) is 155 Å². The minimum atomic E-state index is -0.941. The molecule has 2 heterocycles. The number of nitrogens with one attached hydrogen (secondary N) is 2. The number of piperidine rings is 1. The van der Waals surface area contributed by atoms with Crippen molar-refractivity contribution in [1.29, 1.82) is 0 Å². The smallest absolute Gasteiger partial charge is 0.306 e. The van der Waals surface area contributed by atoms with Gasteiger partial charge >= 0.3 is 11.9 Å². The number of esters is 1. The number of aliphatic carboxylic acids is 1. The summed E-state index contributed by atoms with van der Waals surface area (Å²) in [4.78, 5) is 71.1. The minimum Gasteiger partial charge on any atom is -0.481 e. The maximum absolute atomic E-state index is 14.1. The molecular formula is C38H56N4O7S. The van der Waals surface area contributed by atoms with Crippen molar-refractivity contribution in [3.63, 3.8) is 0 Å². The van der Waals surface area contributed by atoms with Crippen molar-refractivity contribution < 1.29 is 33.8 Å². The van der Waals surface area contributed by atoms with E-state index in [4.69, 9.17) is 4.74 Å². The summed E-state index contributed by atoms with van der Waals surface area (Å²) >= 11 is 1.19. The number of carbonyl (C=O) groups excluding carboxylic acids is 4. The third-order valence-corrected chi connectivity index (χ3v) is 10.8. The number of hydrogen-bond donors (Lipinski definition) is 3. The van der Waals surface area contributed by atoms with Crippen molar-refractivity contribution in [2.24, 2.45) is 23.7 Å². The van der Waals surface area contributed by atoms with E-state index >= 15 is 0 Å². The molecule has 1 aromatic carbocycles. The van der Waals surface area contributed by atoms with Crippen LogP contribution >= 0.6 is 11.3 Å². The van der Waals surface area contributed by atoms with Gasteiger partial charge in [-0.3, -0.25) is 24.0 Å². The van der Waals surface area contributed by atoms with Gasteiger partial charge in [0, 0.05) is 50.2 Å². The molecule has 7 atom stereocenters. The average molecular weight is 713 g/mol. The molecule has 0 saturated carbocycles. The highest BCUT2D eigenvalue weighted by Gasteiger charge is 2.37. The highest BCUT2D eigenvalue weighted by molar-refractivity contribution is 7.09. The number of ketones is 1. The van der Waals surface area contributed by atoms with Gasteiger partial charge in [0.05, 0.1) is 12.0 Å². The van der Waals surface area contributed by atoms with E-state index in [1.807, 2.05) is 58.0 Å². The average Bonchev–Trinajstić information content (AvgIpc) is 3.59. The van der Waals surface area contributed by atoms with E-state index in [0.29, 0.717) is 11.4 Å². The number of ether oxygens (including phenoxy) is 1. The first-order valence-corrected chi connectivity index (χ1v) is 18.8. The predicted molar refractivity (Wildman–Crippen MR) is 194 cm³/mol. The second kappa shape index (κ2) is 19.7. The van der Waals surface area contributed by atoms with E-state index < -0.39 is 41.8 Å². The van der Waals surface area contributed by atoms with Crippen LogP contribution in [0.15, 0.2) is 35.7 Å². The van der Waals surface area contributed by atoms with Crippen LogP contribution in [0.5, 0.6) is 0 Å². The summed E-state index contributed by atoms with van der Waals surface area (Å²) in [6.07, 6.45) is 3.89. The van der Waals surface area contributed by atoms with Gasteiger partial charge in [0.25, 0.3) is 5.91 Å². The van der Waals surface area contributed by atoms with Gasteiger partial charge in [0.15, 0.2) is 11.9 Å². The minimum absolute atomic E-state index is 0.00111. The molecule has 0 unspecified atom stereocenters. The lowest BCUT2D eigenvalue weighted by molar-refractivity contribution is -0.149. The molecule has 1 aromatic heterocycles. The van der Waals surface area contributed by atoms with Gasteiger partial charge in [-0.15, -0.1) is 11.3 Å². The van der Waals surface area contributed by atoms with Crippen LogP contribution in [0.3, 0.4) is 0 Å². The summed E-state index contributed by atoms with van der Waals surface area (Å²) < 4.78 is 5.76. The number of thiazole rings is 1. The van der Waals surface area contributed by atoms with Crippen molar-refractivity contribution in [3.05, 3.63) is 52.0 Å². The third kappa shape index (κ3) is 12.0. The predicted octanol–water partition coefficient (Wildman–Crippen LogP) is 5.84. The van der Waals surface area contributed by atoms with Crippen molar-refractivity contribution in [1.82, 2.24) is 20.5 Å². The van der Waals surface area contributed by atoms with Crippen LogP contribution in [0.4, 0.5) is 0 Å². The summed E-state index contributed by atoms with van der Waals surface area (Å²) in [6.45, 7) is 11.8. The highest BCUT2D eigenvalue weighted by Crippen LogP contribution is 2.32. The molecule has 0 spiro atoms. The molecule has 0 radical (unpaired) electrons. The zero-order valence-electron chi connectivity index (χ0n) is 30.6. The Morgan fingerprint density at radius 1 is 1.08 bits per heavy atom. The molecule has 50 heavy (non-hydrogen) atoms. The molecule has 2 amide bonds. The number of carboxylic acid groups (broad SMARTS) is 1. The summed E-state index contributed by atoms with van der Waals surface area (Å²) in [5.41, 5.74) is 1.11. The van der Waals surface area contributed by atoms with Crippen LogP contribution in [-0.2, 0) is 30.3 Å². The van der Waals surface area contributed by atoms with Crippen molar-refractivity contribution in [3.8, 4) is 0 Å². The number of nitrogens with zero attached hydrogens (tertiary/aromatic N) is 2. The lowest BCUT2D eigenvalue weighted by Gasteiger charge is -2.37. The maximum atomic E-state index is 14.1. The lowest BCUT2D eigenvalue weighted by atomic mass is 9.83. The lowest BCUT2D eigenvalue weighted by Crippen LogP contribution is -2.48. The number of carbonyl (C=O) groups is 5. The maximum Gasteiger partial charge on any atom is 0.306 e. The fourth-order valence-electron chi connectivity index (χ4n) is 6.64. The molecule has 12 heteroatoms. The number of rotatable bonds is 19. The Bertz CT molecular complexity index is 1430. The first-order valence-electron chi connectivity index (χ1n) is 17.9. The molecule has 2 aromatic rings. The number of aromatic nitrogens is 1. The van der Waals surface area contributed by atoms with E-state index in [1.165, 1.54) is 18.3 Å². The number of benzene rings is 1. The van der Waals surface area contributed by atoms with Crippen LogP contribution in [0.25, 0.3) is 0 Å². The van der Waals surface area contributed by atoms with E-state index in [-0.39, 0.29) is 60.6 Å².